The first-order valence-electron chi connectivity index (χ1n) is 5.36. The van der Waals surface area contributed by atoms with E-state index in [4.69, 9.17) is 16.3 Å². The molecule has 18 heavy (non-hydrogen) atoms. The molecule has 0 fully saturated rings. The van der Waals surface area contributed by atoms with Gasteiger partial charge in [-0.25, -0.2) is 4.79 Å². The van der Waals surface area contributed by atoms with Crippen molar-refractivity contribution in [3.8, 4) is 5.75 Å². The summed E-state index contributed by atoms with van der Waals surface area (Å²) >= 11 is 5.75. The van der Waals surface area contributed by atoms with Gasteiger partial charge in [-0.05, 0) is 35.9 Å². The predicted molar refractivity (Wildman–Crippen MR) is 68.7 cm³/mol. The number of halogens is 1. The van der Waals surface area contributed by atoms with Gasteiger partial charge < -0.3 is 9.84 Å². The fourth-order valence-electron chi connectivity index (χ4n) is 1.45. The molecule has 4 heteroatoms. The van der Waals surface area contributed by atoms with Crippen molar-refractivity contribution >= 4 is 17.6 Å². The van der Waals surface area contributed by atoms with Crippen molar-refractivity contribution in [1.29, 1.82) is 0 Å². The molecule has 0 radical (unpaired) electrons. The molecule has 0 amide bonds. The van der Waals surface area contributed by atoms with Gasteiger partial charge in [-0.3, -0.25) is 0 Å². The number of phenols is 1. The van der Waals surface area contributed by atoms with E-state index in [0.29, 0.717) is 10.6 Å². The van der Waals surface area contributed by atoms with E-state index in [1.54, 1.807) is 36.4 Å². The summed E-state index contributed by atoms with van der Waals surface area (Å²) in [5, 5.41) is 9.89. The molecular weight excluding hydrogens is 252 g/mol. The van der Waals surface area contributed by atoms with E-state index in [1.807, 2.05) is 0 Å². The fourth-order valence-corrected chi connectivity index (χ4v) is 1.57. The number of hydrogen-bond acceptors (Lipinski definition) is 3. The van der Waals surface area contributed by atoms with Gasteiger partial charge in [0.05, 0.1) is 5.56 Å². The van der Waals surface area contributed by atoms with Crippen LogP contribution in [0.3, 0.4) is 0 Å². The van der Waals surface area contributed by atoms with Crippen LogP contribution in [0, 0.1) is 0 Å². The Balaban J connectivity index is 1.98. The van der Waals surface area contributed by atoms with Gasteiger partial charge in [-0.2, -0.15) is 0 Å². The van der Waals surface area contributed by atoms with Gasteiger partial charge in [0.2, 0.25) is 0 Å². The zero-order chi connectivity index (χ0) is 13.0. The van der Waals surface area contributed by atoms with E-state index in [0.717, 1.165) is 5.56 Å². The van der Waals surface area contributed by atoms with Crippen LogP contribution >= 0.6 is 11.6 Å². The van der Waals surface area contributed by atoms with Crippen molar-refractivity contribution < 1.29 is 14.6 Å². The maximum atomic E-state index is 11.7. The molecule has 0 bridgehead atoms. The topological polar surface area (TPSA) is 46.5 Å². The summed E-state index contributed by atoms with van der Waals surface area (Å²) in [5.74, 6) is -0.434. The lowest BCUT2D eigenvalue weighted by Crippen LogP contribution is -2.04. The molecule has 0 unspecified atom stereocenters. The molecule has 0 aliphatic heterocycles. The predicted octanol–water partition coefficient (Wildman–Crippen LogP) is 3.40. The van der Waals surface area contributed by atoms with E-state index >= 15 is 0 Å². The highest BCUT2D eigenvalue weighted by Gasteiger charge is 2.07. The smallest absolute Gasteiger partial charge is 0.338 e. The highest BCUT2D eigenvalue weighted by atomic mass is 35.5. The zero-order valence-corrected chi connectivity index (χ0v) is 10.2. The molecule has 0 saturated carbocycles. The molecule has 2 rings (SSSR count). The Labute approximate surface area is 110 Å². The third kappa shape index (κ3) is 3.25. The van der Waals surface area contributed by atoms with Crippen LogP contribution < -0.4 is 0 Å². The van der Waals surface area contributed by atoms with Gasteiger partial charge in [-0.15, -0.1) is 0 Å². The summed E-state index contributed by atoms with van der Waals surface area (Å²) in [4.78, 5) is 11.7. The highest BCUT2D eigenvalue weighted by molar-refractivity contribution is 6.30. The Kier molecular flexibility index (Phi) is 3.85. The van der Waals surface area contributed by atoms with Crippen LogP contribution in [0.15, 0.2) is 48.5 Å². The molecule has 0 aliphatic rings. The lowest BCUT2D eigenvalue weighted by molar-refractivity contribution is 0.0472. The average Bonchev–Trinajstić information content (AvgIpc) is 2.38. The second-order valence-corrected chi connectivity index (χ2v) is 4.19. The molecule has 0 atom stereocenters. The lowest BCUT2D eigenvalue weighted by Gasteiger charge is -2.05. The molecule has 0 aromatic heterocycles. The molecule has 0 spiro atoms. The van der Waals surface area contributed by atoms with Gasteiger partial charge in [0.25, 0.3) is 0 Å². The van der Waals surface area contributed by atoms with Gasteiger partial charge in [0.1, 0.15) is 12.4 Å². The van der Waals surface area contributed by atoms with Gasteiger partial charge in [-0.1, -0.05) is 29.8 Å². The van der Waals surface area contributed by atoms with Gasteiger partial charge in [0, 0.05) is 5.02 Å². The number of rotatable bonds is 3. The van der Waals surface area contributed by atoms with Gasteiger partial charge in [0.15, 0.2) is 0 Å². The number of phenolic OH excluding ortho intramolecular Hbond substituents is 1. The molecule has 0 heterocycles. The number of carbonyl (C=O) groups is 1. The van der Waals surface area contributed by atoms with Gasteiger partial charge >= 0.3 is 5.97 Å². The first kappa shape index (κ1) is 12.5. The summed E-state index contributed by atoms with van der Waals surface area (Å²) in [6.07, 6.45) is 0. The second-order valence-electron chi connectivity index (χ2n) is 3.75. The van der Waals surface area contributed by atoms with E-state index in [-0.39, 0.29) is 12.4 Å². The van der Waals surface area contributed by atoms with Crippen LogP contribution in [0.2, 0.25) is 5.02 Å². The number of benzene rings is 2. The Morgan fingerprint density at radius 1 is 1.17 bits per heavy atom. The minimum atomic E-state index is -0.471. The molecule has 92 valence electrons. The number of esters is 1. The maximum absolute atomic E-state index is 11.7. The summed E-state index contributed by atoms with van der Waals surface area (Å²) in [5.41, 5.74) is 1.18. The molecular formula is C14H11ClO3. The van der Waals surface area contributed by atoms with Crippen molar-refractivity contribution in [1.82, 2.24) is 0 Å². The largest absolute Gasteiger partial charge is 0.508 e. The first-order valence-corrected chi connectivity index (χ1v) is 5.73. The normalized spacial score (nSPS) is 10.1. The van der Waals surface area contributed by atoms with E-state index in [2.05, 4.69) is 0 Å². The minimum absolute atomic E-state index is 0.0379. The van der Waals surface area contributed by atoms with Crippen LogP contribution in [0.25, 0.3) is 0 Å². The molecule has 2 aromatic carbocycles. The summed E-state index contributed by atoms with van der Waals surface area (Å²) in [6, 6.07) is 13.1. The Hall–Kier alpha value is -2.00. The van der Waals surface area contributed by atoms with E-state index in [1.165, 1.54) is 12.1 Å². The Morgan fingerprint density at radius 2 is 1.89 bits per heavy atom. The fraction of sp³-hybridized carbons (Fsp3) is 0.0714. The third-order valence-corrected chi connectivity index (χ3v) is 2.62. The zero-order valence-electron chi connectivity index (χ0n) is 9.47. The number of carbonyl (C=O) groups excluding carboxylic acids is 1. The molecule has 3 nitrogen and oxygen atoms in total. The average molecular weight is 263 g/mol. The summed E-state index contributed by atoms with van der Waals surface area (Å²) < 4.78 is 5.12. The van der Waals surface area contributed by atoms with Crippen molar-refractivity contribution in [3.05, 3.63) is 64.7 Å². The van der Waals surface area contributed by atoms with Crippen LogP contribution in [0.4, 0.5) is 0 Å². The summed E-state index contributed by atoms with van der Waals surface area (Å²) in [7, 11) is 0. The van der Waals surface area contributed by atoms with Crippen molar-refractivity contribution in [2.75, 3.05) is 0 Å². The van der Waals surface area contributed by atoms with E-state index in [9.17, 15) is 9.90 Å². The monoisotopic (exact) mass is 262 g/mol. The number of ether oxygens (including phenoxy) is 1. The maximum Gasteiger partial charge on any atom is 0.338 e. The lowest BCUT2D eigenvalue weighted by atomic mass is 10.2. The Bertz CT molecular complexity index is 549. The standard InChI is InChI=1S/C14H11ClO3/c15-12-6-4-10(5-7-12)9-18-14(17)11-2-1-3-13(16)8-11/h1-8,16H,9H2. The van der Waals surface area contributed by atoms with E-state index < -0.39 is 5.97 Å². The quantitative estimate of drug-likeness (QED) is 0.863. The Morgan fingerprint density at radius 3 is 2.56 bits per heavy atom. The van der Waals surface area contributed by atoms with Crippen LogP contribution in [0.5, 0.6) is 5.75 Å². The van der Waals surface area contributed by atoms with Crippen LogP contribution in [0.1, 0.15) is 15.9 Å². The third-order valence-electron chi connectivity index (χ3n) is 2.37. The summed E-state index contributed by atoms with van der Waals surface area (Å²) in [6.45, 7) is 0.172. The van der Waals surface area contributed by atoms with Crippen molar-refractivity contribution in [3.63, 3.8) is 0 Å². The highest BCUT2D eigenvalue weighted by Crippen LogP contribution is 2.14. The molecule has 0 aliphatic carbocycles. The molecule has 1 N–H and O–H groups in total. The van der Waals surface area contributed by atoms with Crippen molar-refractivity contribution in [2.24, 2.45) is 0 Å². The SMILES string of the molecule is O=C(OCc1ccc(Cl)cc1)c1cccc(O)c1. The first-order chi connectivity index (χ1) is 8.65. The van der Waals surface area contributed by atoms with Crippen LogP contribution in [-0.4, -0.2) is 11.1 Å². The van der Waals surface area contributed by atoms with Crippen LogP contribution in [-0.2, 0) is 11.3 Å². The second kappa shape index (κ2) is 5.56. The number of aromatic hydroxyl groups is 1. The number of hydrogen-bond donors (Lipinski definition) is 1. The minimum Gasteiger partial charge on any atom is -0.508 e. The molecule has 0 saturated heterocycles. The molecule has 2 aromatic rings. The van der Waals surface area contributed by atoms with Crippen molar-refractivity contribution in [2.45, 2.75) is 6.61 Å².